The van der Waals surface area contributed by atoms with Gasteiger partial charge in [0.1, 0.15) is 5.78 Å². The lowest BCUT2D eigenvalue weighted by molar-refractivity contribution is -0.145. The highest BCUT2D eigenvalue weighted by molar-refractivity contribution is 5.83. The molecular formula is C25H34O4. The number of benzene rings is 1. The van der Waals surface area contributed by atoms with Crippen LogP contribution in [0.2, 0.25) is 0 Å². The highest BCUT2D eigenvalue weighted by atomic mass is 16.8. The number of hydrogen-bond donors (Lipinski definition) is 0. The van der Waals surface area contributed by atoms with E-state index in [4.69, 9.17) is 9.47 Å². The summed E-state index contributed by atoms with van der Waals surface area (Å²) >= 11 is 0. The van der Waals surface area contributed by atoms with E-state index < -0.39 is 11.9 Å². The van der Waals surface area contributed by atoms with E-state index in [0.29, 0.717) is 24.0 Å². The van der Waals surface area contributed by atoms with E-state index in [1.807, 2.05) is 37.3 Å². The van der Waals surface area contributed by atoms with E-state index in [1.165, 1.54) is 12.8 Å². The molecule has 4 heteroatoms. The van der Waals surface area contributed by atoms with Crippen molar-refractivity contribution in [3.8, 4) is 0 Å². The molecule has 2 aliphatic carbocycles. The number of rotatable bonds is 6. The van der Waals surface area contributed by atoms with Gasteiger partial charge in [0.2, 0.25) is 6.29 Å². The second-order valence-corrected chi connectivity index (χ2v) is 9.93. The van der Waals surface area contributed by atoms with Crippen LogP contribution in [0.3, 0.4) is 0 Å². The number of carbonyl (C=O) groups excluding carboxylic acids is 2. The van der Waals surface area contributed by atoms with Crippen molar-refractivity contribution in [3.05, 3.63) is 35.9 Å². The average molecular weight is 399 g/mol. The number of hydrogen-bond acceptors (Lipinski definition) is 4. The van der Waals surface area contributed by atoms with Gasteiger partial charge in [0.25, 0.3) is 0 Å². The van der Waals surface area contributed by atoms with Crippen molar-refractivity contribution in [2.24, 2.45) is 23.2 Å². The number of carbonyl (C=O) groups is 2. The molecule has 3 fully saturated rings. The molecule has 1 saturated heterocycles. The zero-order valence-electron chi connectivity index (χ0n) is 18.0. The van der Waals surface area contributed by atoms with Crippen molar-refractivity contribution < 1.29 is 19.1 Å². The Morgan fingerprint density at radius 2 is 1.90 bits per heavy atom. The van der Waals surface area contributed by atoms with Crippen LogP contribution in [0.15, 0.2) is 30.3 Å². The summed E-state index contributed by atoms with van der Waals surface area (Å²) in [6.07, 6.45) is 7.30. The third-order valence-corrected chi connectivity index (χ3v) is 8.02. The van der Waals surface area contributed by atoms with E-state index in [-0.39, 0.29) is 17.3 Å². The monoisotopic (exact) mass is 398 g/mol. The van der Waals surface area contributed by atoms with Crippen LogP contribution in [0.25, 0.3) is 0 Å². The van der Waals surface area contributed by atoms with Crippen molar-refractivity contribution in [1.82, 2.24) is 0 Å². The highest BCUT2D eigenvalue weighted by Crippen LogP contribution is 2.57. The fourth-order valence-corrected chi connectivity index (χ4v) is 6.30. The van der Waals surface area contributed by atoms with Gasteiger partial charge in [-0.2, -0.15) is 0 Å². The first-order valence-corrected chi connectivity index (χ1v) is 11.3. The molecule has 1 aromatic rings. The summed E-state index contributed by atoms with van der Waals surface area (Å²) < 4.78 is 11.6. The number of ether oxygens (including phenoxy) is 2. The van der Waals surface area contributed by atoms with Gasteiger partial charge in [-0.1, -0.05) is 50.6 Å². The third kappa shape index (κ3) is 3.76. The number of Topliss-reactive ketones (excluding diaryl/α,β-unsaturated/α-hetero) is 1. The fourth-order valence-electron chi connectivity index (χ4n) is 6.30. The molecule has 29 heavy (non-hydrogen) atoms. The molecule has 6 atom stereocenters. The van der Waals surface area contributed by atoms with Crippen molar-refractivity contribution >= 4 is 11.8 Å². The van der Waals surface area contributed by atoms with Gasteiger partial charge in [-0.3, -0.25) is 4.79 Å². The van der Waals surface area contributed by atoms with E-state index in [2.05, 4.69) is 13.8 Å². The number of fused-ring (bicyclic) bond motifs is 1. The topological polar surface area (TPSA) is 52.6 Å². The van der Waals surface area contributed by atoms with Gasteiger partial charge in [0, 0.05) is 17.9 Å². The normalized spacial score (nSPS) is 38.0. The average Bonchev–Trinajstić information content (AvgIpc) is 3.20. The molecule has 4 rings (SSSR count). The molecule has 1 aromatic carbocycles. The third-order valence-electron chi connectivity index (χ3n) is 8.02. The van der Waals surface area contributed by atoms with E-state index in [1.54, 1.807) is 0 Å². The van der Waals surface area contributed by atoms with Crippen molar-refractivity contribution in [3.63, 3.8) is 0 Å². The quantitative estimate of drug-likeness (QED) is 0.585. The van der Waals surface area contributed by atoms with Crippen LogP contribution in [-0.4, -0.2) is 17.4 Å². The first-order chi connectivity index (χ1) is 13.8. The zero-order chi connectivity index (χ0) is 20.6. The van der Waals surface area contributed by atoms with Crippen LogP contribution in [0.5, 0.6) is 0 Å². The maximum absolute atomic E-state index is 12.5. The number of cyclic esters (lactones) is 1. The van der Waals surface area contributed by atoms with Crippen molar-refractivity contribution in [2.75, 3.05) is 0 Å². The minimum Gasteiger partial charge on any atom is -0.429 e. The molecule has 0 spiro atoms. The van der Waals surface area contributed by atoms with Crippen LogP contribution in [0.1, 0.15) is 84.0 Å². The minimum atomic E-state index is -0.872. The standard InChI is InChI=1S/C25H34O4/c1-17(19-13-14-20-21(26)12-8-15-24(19,20)2)9-7-16-25(3)23(27)28-22(29-25)18-10-5-4-6-11-18/h4-6,10-11,17,19-20,22H,7-9,12-16H2,1-3H3/t17-,19-,20?,22-,24-,25-/m1/s1. The Kier molecular flexibility index (Phi) is 5.58. The largest absolute Gasteiger partial charge is 0.429 e. The molecular weight excluding hydrogens is 364 g/mol. The summed E-state index contributed by atoms with van der Waals surface area (Å²) in [5.41, 5.74) is 0.188. The predicted molar refractivity (Wildman–Crippen MR) is 111 cm³/mol. The van der Waals surface area contributed by atoms with E-state index in [9.17, 15) is 9.59 Å². The van der Waals surface area contributed by atoms with Crippen LogP contribution >= 0.6 is 0 Å². The van der Waals surface area contributed by atoms with E-state index in [0.717, 1.165) is 37.7 Å². The summed E-state index contributed by atoms with van der Waals surface area (Å²) in [4.78, 5) is 24.9. The lowest BCUT2D eigenvalue weighted by Gasteiger charge is -2.42. The maximum atomic E-state index is 12.5. The van der Waals surface area contributed by atoms with Crippen molar-refractivity contribution in [1.29, 1.82) is 0 Å². The second-order valence-electron chi connectivity index (χ2n) is 9.93. The van der Waals surface area contributed by atoms with Gasteiger partial charge < -0.3 is 9.47 Å². The molecule has 1 aliphatic heterocycles. The summed E-state index contributed by atoms with van der Waals surface area (Å²) in [6, 6.07) is 9.64. The predicted octanol–water partition coefficient (Wildman–Crippen LogP) is 5.61. The summed E-state index contributed by atoms with van der Waals surface area (Å²) in [7, 11) is 0. The van der Waals surface area contributed by atoms with Gasteiger partial charge in [-0.25, -0.2) is 4.79 Å². The first-order valence-electron chi connectivity index (χ1n) is 11.3. The molecule has 0 aromatic heterocycles. The SMILES string of the molecule is C[C@H](CCC[C@@]1(C)O[C@H](c2ccccc2)OC1=O)[C@H]1CCC2C(=O)CCC[C@@]21C. The molecule has 0 bridgehead atoms. The minimum absolute atomic E-state index is 0.180. The maximum Gasteiger partial charge on any atom is 0.340 e. The van der Waals surface area contributed by atoms with Crippen molar-refractivity contribution in [2.45, 2.75) is 84.0 Å². The first kappa shape index (κ1) is 20.6. The van der Waals surface area contributed by atoms with Gasteiger partial charge in [-0.05, 0) is 62.7 Å². The molecule has 0 N–H and O–H groups in total. The van der Waals surface area contributed by atoms with Gasteiger partial charge in [0.15, 0.2) is 5.60 Å². The number of ketones is 1. The Morgan fingerprint density at radius 3 is 2.66 bits per heavy atom. The second kappa shape index (κ2) is 7.86. The highest BCUT2D eigenvalue weighted by Gasteiger charge is 2.52. The summed E-state index contributed by atoms with van der Waals surface area (Å²) in [6.45, 7) is 6.54. The lowest BCUT2D eigenvalue weighted by atomic mass is 9.62. The summed E-state index contributed by atoms with van der Waals surface area (Å²) in [5.74, 6) is 1.68. The molecule has 158 valence electrons. The fraction of sp³-hybridized carbons (Fsp3) is 0.680. The number of esters is 1. The Bertz CT molecular complexity index is 759. The molecule has 1 unspecified atom stereocenters. The molecule has 3 aliphatic rings. The Balaban J connectivity index is 1.33. The van der Waals surface area contributed by atoms with Gasteiger partial charge in [0.05, 0.1) is 0 Å². The van der Waals surface area contributed by atoms with Crippen LogP contribution in [0, 0.1) is 23.2 Å². The Hall–Kier alpha value is -1.68. The summed E-state index contributed by atoms with van der Waals surface area (Å²) in [5, 5.41) is 0. The Labute approximate surface area is 174 Å². The lowest BCUT2D eigenvalue weighted by Crippen LogP contribution is -2.39. The van der Waals surface area contributed by atoms with Gasteiger partial charge in [-0.15, -0.1) is 0 Å². The molecule has 1 heterocycles. The molecule has 4 nitrogen and oxygen atoms in total. The Morgan fingerprint density at radius 1 is 1.14 bits per heavy atom. The molecule has 2 saturated carbocycles. The van der Waals surface area contributed by atoms with Gasteiger partial charge >= 0.3 is 5.97 Å². The zero-order valence-corrected chi connectivity index (χ0v) is 18.0. The van der Waals surface area contributed by atoms with Crippen LogP contribution in [-0.2, 0) is 19.1 Å². The van der Waals surface area contributed by atoms with Crippen LogP contribution in [0.4, 0.5) is 0 Å². The molecule has 0 radical (unpaired) electrons. The van der Waals surface area contributed by atoms with Crippen LogP contribution < -0.4 is 0 Å². The molecule has 0 amide bonds. The smallest absolute Gasteiger partial charge is 0.340 e. The van der Waals surface area contributed by atoms with E-state index >= 15 is 0 Å².